The molecule has 0 radical (unpaired) electrons. The van der Waals surface area contributed by atoms with Gasteiger partial charge in [0.25, 0.3) is 0 Å². The second-order valence-corrected chi connectivity index (χ2v) is 6.26. The van der Waals surface area contributed by atoms with Crippen molar-refractivity contribution in [3.8, 4) is 5.75 Å². The summed E-state index contributed by atoms with van der Waals surface area (Å²) in [4.78, 5) is 4.27. The highest BCUT2D eigenvalue weighted by Gasteiger charge is 2.05. The fourth-order valence-electron chi connectivity index (χ4n) is 2.43. The van der Waals surface area contributed by atoms with Crippen LogP contribution in [0, 0.1) is 5.92 Å². The van der Waals surface area contributed by atoms with Gasteiger partial charge in [-0.1, -0.05) is 49.4 Å². The normalized spacial score (nSPS) is 12.0. The van der Waals surface area contributed by atoms with Crippen molar-refractivity contribution in [1.29, 1.82) is 0 Å². The van der Waals surface area contributed by atoms with Gasteiger partial charge in [-0.3, -0.25) is 4.99 Å². The number of halogens is 1. The van der Waals surface area contributed by atoms with E-state index in [1.54, 1.807) is 14.2 Å². The van der Waals surface area contributed by atoms with E-state index in [0.29, 0.717) is 25.7 Å². The van der Waals surface area contributed by atoms with E-state index in [2.05, 4.69) is 34.7 Å². The summed E-state index contributed by atoms with van der Waals surface area (Å²) in [5, 5.41) is 6.66. The number of nitrogens with zero attached hydrogens (tertiary/aromatic N) is 1. The molecule has 0 aliphatic carbocycles. The quantitative estimate of drug-likeness (QED) is 0.324. The average molecular weight is 483 g/mol. The van der Waals surface area contributed by atoms with Crippen LogP contribution in [0.1, 0.15) is 18.1 Å². The van der Waals surface area contributed by atoms with Gasteiger partial charge in [0.2, 0.25) is 0 Å². The summed E-state index contributed by atoms with van der Waals surface area (Å²) >= 11 is 0. The monoisotopic (exact) mass is 483 g/mol. The van der Waals surface area contributed by atoms with Crippen molar-refractivity contribution in [2.45, 2.75) is 20.1 Å². The molecular formula is C21H30IN3O2. The Bertz CT molecular complexity index is 663. The van der Waals surface area contributed by atoms with Crippen molar-refractivity contribution in [3.05, 3.63) is 65.7 Å². The number of rotatable bonds is 9. The minimum absolute atomic E-state index is 0. The highest BCUT2D eigenvalue weighted by atomic mass is 127. The van der Waals surface area contributed by atoms with E-state index in [9.17, 15) is 0 Å². The Labute approximate surface area is 179 Å². The SMILES string of the molecule is CN=C(NCc1ccc(OC)cc1)NCC(C)COCc1ccccc1.I. The molecule has 6 heteroatoms. The molecule has 0 spiro atoms. The van der Waals surface area contributed by atoms with Gasteiger partial charge >= 0.3 is 0 Å². The number of hydrogen-bond acceptors (Lipinski definition) is 3. The number of methoxy groups -OCH3 is 1. The summed E-state index contributed by atoms with van der Waals surface area (Å²) in [5.41, 5.74) is 2.37. The van der Waals surface area contributed by atoms with Gasteiger partial charge in [-0.15, -0.1) is 24.0 Å². The third-order valence-electron chi connectivity index (χ3n) is 3.97. The Morgan fingerprint density at radius 1 is 1.00 bits per heavy atom. The first kappa shape index (κ1) is 23.2. The Hall–Kier alpha value is -1.80. The largest absolute Gasteiger partial charge is 0.497 e. The van der Waals surface area contributed by atoms with Crippen LogP contribution in [0.4, 0.5) is 0 Å². The lowest BCUT2D eigenvalue weighted by Crippen LogP contribution is -2.39. The average Bonchev–Trinajstić information content (AvgIpc) is 2.69. The first-order valence-corrected chi connectivity index (χ1v) is 8.90. The van der Waals surface area contributed by atoms with E-state index in [1.807, 2.05) is 42.5 Å². The lowest BCUT2D eigenvalue weighted by molar-refractivity contribution is 0.0931. The van der Waals surface area contributed by atoms with Crippen molar-refractivity contribution < 1.29 is 9.47 Å². The van der Waals surface area contributed by atoms with Crippen LogP contribution in [0.3, 0.4) is 0 Å². The summed E-state index contributed by atoms with van der Waals surface area (Å²) < 4.78 is 11.0. The van der Waals surface area contributed by atoms with Gasteiger partial charge in [-0.2, -0.15) is 0 Å². The predicted molar refractivity (Wildman–Crippen MR) is 122 cm³/mol. The molecule has 0 fully saturated rings. The molecule has 0 saturated carbocycles. The van der Waals surface area contributed by atoms with Gasteiger partial charge in [-0.25, -0.2) is 0 Å². The molecule has 0 amide bonds. The second-order valence-electron chi connectivity index (χ2n) is 6.26. The Balaban J connectivity index is 0.00000364. The summed E-state index contributed by atoms with van der Waals surface area (Å²) in [6.07, 6.45) is 0. The number of hydrogen-bond donors (Lipinski definition) is 2. The number of benzene rings is 2. The van der Waals surface area contributed by atoms with E-state index in [4.69, 9.17) is 9.47 Å². The van der Waals surface area contributed by atoms with Crippen LogP contribution in [-0.2, 0) is 17.9 Å². The van der Waals surface area contributed by atoms with Crippen molar-refractivity contribution in [2.24, 2.45) is 10.9 Å². The molecule has 148 valence electrons. The predicted octanol–water partition coefficient (Wildman–Crippen LogP) is 3.83. The Morgan fingerprint density at radius 3 is 2.33 bits per heavy atom. The molecule has 2 aromatic rings. The smallest absolute Gasteiger partial charge is 0.191 e. The molecular weight excluding hydrogens is 453 g/mol. The third kappa shape index (κ3) is 9.10. The van der Waals surface area contributed by atoms with E-state index >= 15 is 0 Å². The van der Waals surface area contributed by atoms with Crippen LogP contribution >= 0.6 is 24.0 Å². The highest BCUT2D eigenvalue weighted by molar-refractivity contribution is 14.0. The number of aliphatic imine (C=N–C) groups is 1. The molecule has 0 aliphatic heterocycles. The zero-order valence-corrected chi connectivity index (χ0v) is 18.6. The van der Waals surface area contributed by atoms with Crippen LogP contribution in [-0.4, -0.2) is 33.3 Å². The molecule has 1 atom stereocenters. The molecule has 2 aromatic carbocycles. The molecule has 0 bridgehead atoms. The van der Waals surface area contributed by atoms with Crippen LogP contribution in [0.25, 0.3) is 0 Å². The van der Waals surface area contributed by atoms with Crippen LogP contribution in [0.2, 0.25) is 0 Å². The second kappa shape index (κ2) is 13.4. The van der Waals surface area contributed by atoms with Crippen molar-refractivity contribution in [3.63, 3.8) is 0 Å². The standard InChI is InChI=1S/C21H29N3O2.HI/c1-17(15-26-16-19-7-5-4-6-8-19)13-23-21(22-2)24-14-18-9-11-20(25-3)12-10-18;/h4-12,17H,13-16H2,1-3H3,(H2,22,23,24);1H. The van der Waals surface area contributed by atoms with E-state index in [-0.39, 0.29) is 24.0 Å². The van der Waals surface area contributed by atoms with E-state index < -0.39 is 0 Å². The summed E-state index contributed by atoms with van der Waals surface area (Å²) in [6.45, 7) is 5.03. The van der Waals surface area contributed by atoms with Crippen molar-refractivity contribution in [2.75, 3.05) is 27.3 Å². The summed E-state index contributed by atoms with van der Waals surface area (Å²) in [6, 6.07) is 18.2. The fraction of sp³-hybridized carbons (Fsp3) is 0.381. The molecule has 0 heterocycles. The Kier molecular flexibility index (Phi) is 11.5. The minimum Gasteiger partial charge on any atom is -0.497 e. The first-order valence-electron chi connectivity index (χ1n) is 8.90. The molecule has 0 aromatic heterocycles. The minimum atomic E-state index is 0. The van der Waals surface area contributed by atoms with Crippen LogP contribution in [0.15, 0.2) is 59.6 Å². The maximum atomic E-state index is 5.79. The lowest BCUT2D eigenvalue weighted by Gasteiger charge is -2.16. The van der Waals surface area contributed by atoms with Gasteiger partial charge < -0.3 is 20.1 Å². The maximum absolute atomic E-state index is 5.79. The molecule has 1 unspecified atom stereocenters. The molecule has 2 rings (SSSR count). The highest BCUT2D eigenvalue weighted by Crippen LogP contribution is 2.10. The molecule has 27 heavy (non-hydrogen) atoms. The van der Waals surface area contributed by atoms with Gasteiger partial charge in [0.05, 0.1) is 20.3 Å². The molecule has 2 N–H and O–H groups in total. The summed E-state index contributed by atoms with van der Waals surface area (Å²) in [5.74, 6) is 2.04. The van der Waals surface area contributed by atoms with Crippen LogP contribution in [0.5, 0.6) is 5.75 Å². The number of nitrogens with one attached hydrogen (secondary N) is 2. The fourth-order valence-corrected chi connectivity index (χ4v) is 2.43. The van der Waals surface area contributed by atoms with E-state index in [0.717, 1.165) is 18.3 Å². The Morgan fingerprint density at radius 2 is 1.70 bits per heavy atom. The maximum Gasteiger partial charge on any atom is 0.191 e. The first-order chi connectivity index (χ1) is 12.7. The summed E-state index contributed by atoms with van der Waals surface area (Å²) in [7, 11) is 3.45. The van der Waals surface area contributed by atoms with Crippen LogP contribution < -0.4 is 15.4 Å². The van der Waals surface area contributed by atoms with E-state index in [1.165, 1.54) is 11.1 Å². The van der Waals surface area contributed by atoms with Gasteiger partial charge in [-0.05, 0) is 29.2 Å². The van der Waals surface area contributed by atoms with Crippen molar-refractivity contribution in [1.82, 2.24) is 10.6 Å². The topological polar surface area (TPSA) is 54.9 Å². The zero-order chi connectivity index (χ0) is 18.6. The van der Waals surface area contributed by atoms with Crippen molar-refractivity contribution >= 4 is 29.9 Å². The lowest BCUT2D eigenvalue weighted by atomic mass is 10.2. The number of guanidine groups is 1. The molecule has 0 saturated heterocycles. The molecule has 5 nitrogen and oxygen atoms in total. The van der Waals surface area contributed by atoms with Gasteiger partial charge in [0.1, 0.15) is 5.75 Å². The molecule has 0 aliphatic rings. The van der Waals surface area contributed by atoms with Gasteiger partial charge in [0.15, 0.2) is 5.96 Å². The third-order valence-corrected chi connectivity index (χ3v) is 3.97. The van der Waals surface area contributed by atoms with Gasteiger partial charge in [0, 0.05) is 20.1 Å². The number of ether oxygens (including phenoxy) is 2. The zero-order valence-electron chi connectivity index (χ0n) is 16.3.